The van der Waals surface area contributed by atoms with Crippen LogP contribution in [0.2, 0.25) is 0 Å². The van der Waals surface area contributed by atoms with E-state index in [1.54, 1.807) is 30.8 Å². The lowest BCUT2D eigenvalue weighted by Gasteiger charge is -2.12. The van der Waals surface area contributed by atoms with Crippen LogP contribution in [0.15, 0.2) is 60.7 Å². The molecule has 1 N–H and O–H groups in total. The van der Waals surface area contributed by atoms with Crippen LogP contribution in [0.1, 0.15) is 16.1 Å². The Hall–Kier alpha value is -4.34. The number of nitrogens with zero attached hydrogens (tertiary/aromatic N) is 3. The van der Waals surface area contributed by atoms with Crippen LogP contribution in [0.4, 0.5) is 14.5 Å². The van der Waals surface area contributed by atoms with Crippen molar-refractivity contribution in [2.24, 2.45) is 7.05 Å². The number of amides is 1. The number of anilines is 1. The molecule has 0 saturated carbocycles. The number of carbonyl (C=O) groups is 2. The molecule has 2 aromatic heterocycles. The first kappa shape index (κ1) is 22.8. The van der Waals surface area contributed by atoms with Crippen molar-refractivity contribution in [1.29, 1.82) is 0 Å². The second-order valence-electron chi connectivity index (χ2n) is 7.33. The predicted octanol–water partition coefficient (Wildman–Crippen LogP) is 4.34. The van der Waals surface area contributed by atoms with E-state index in [2.05, 4.69) is 20.1 Å². The summed E-state index contributed by atoms with van der Waals surface area (Å²) in [4.78, 5) is 30.0. The summed E-state index contributed by atoms with van der Waals surface area (Å²) in [5.41, 5.74) is 2.66. The highest BCUT2D eigenvalue weighted by atomic mass is 19.3. The molecule has 1 amide bonds. The molecule has 0 bridgehead atoms. The Morgan fingerprint density at radius 3 is 2.53 bits per heavy atom. The number of fused-ring (bicyclic) bond motifs is 1. The van der Waals surface area contributed by atoms with E-state index in [4.69, 9.17) is 4.74 Å². The van der Waals surface area contributed by atoms with Gasteiger partial charge in [0.25, 0.3) is 5.91 Å². The Morgan fingerprint density at radius 1 is 1.09 bits per heavy atom. The van der Waals surface area contributed by atoms with E-state index < -0.39 is 25.1 Å². The number of halogens is 2. The van der Waals surface area contributed by atoms with Gasteiger partial charge in [0.1, 0.15) is 5.75 Å². The van der Waals surface area contributed by atoms with Crippen LogP contribution in [-0.2, 0) is 16.6 Å². The summed E-state index contributed by atoms with van der Waals surface area (Å²) in [7, 11) is 1.72. The molecule has 0 saturated heterocycles. The lowest BCUT2D eigenvalue weighted by atomic mass is 10.1. The van der Waals surface area contributed by atoms with E-state index in [1.165, 1.54) is 18.2 Å². The Labute approximate surface area is 193 Å². The summed E-state index contributed by atoms with van der Waals surface area (Å²) < 4.78 is 36.4. The molecule has 0 atom stereocenters. The first-order valence-corrected chi connectivity index (χ1v) is 10.2. The number of nitrogens with one attached hydrogen (secondary N) is 1. The highest BCUT2D eigenvalue weighted by Crippen LogP contribution is 2.28. The van der Waals surface area contributed by atoms with Crippen LogP contribution in [-0.4, -0.2) is 39.9 Å². The summed E-state index contributed by atoms with van der Waals surface area (Å²) >= 11 is 0. The van der Waals surface area contributed by atoms with Crippen molar-refractivity contribution >= 4 is 28.6 Å². The van der Waals surface area contributed by atoms with Gasteiger partial charge in [0.15, 0.2) is 12.3 Å². The monoisotopic (exact) mass is 466 g/mol. The summed E-state index contributed by atoms with van der Waals surface area (Å²) in [6.45, 7) is -1.94. The number of benzene rings is 2. The van der Waals surface area contributed by atoms with Crippen molar-refractivity contribution in [3.8, 4) is 17.0 Å². The lowest BCUT2D eigenvalue weighted by Crippen LogP contribution is -2.21. The Kier molecular flexibility index (Phi) is 6.48. The number of carbonyl (C=O) groups excluding carboxylic acids is 2. The van der Waals surface area contributed by atoms with E-state index in [9.17, 15) is 18.4 Å². The summed E-state index contributed by atoms with van der Waals surface area (Å²) in [6.07, 6.45) is 0. The summed E-state index contributed by atoms with van der Waals surface area (Å²) in [5.74, 6) is -1.66. The molecule has 0 aliphatic carbocycles. The highest BCUT2D eigenvalue weighted by molar-refractivity contribution is 6.06. The molecule has 0 spiro atoms. The first-order valence-electron chi connectivity index (χ1n) is 10.2. The smallest absolute Gasteiger partial charge is 0.387 e. The SMILES string of the molecule is Cc1nn(C)c2nc(-c3ccccc3)cc(C(=O)OCC(=O)Nc3ccccc3OC(F)F)c12. The number of aryl methyl sites for hydroxylation is 2. The van der Waals surface area contributed by atoms with E-state index >= 15 is 0 Å². The normalized spacial score (nSPS) is 11.0. The molecule has 10 heteroatoms. The average molecular weight is 466 g/mol. The molecule has 34 heavy (non-hydrogen) atoms. The molecule has 0 unspecified atom stereocenters. The van der Waals surface area contributed by atoms with Gasteiger partial charge in [-0.15, -0.1) is 0 Å². The molecule has 4 rings (SSSR count). The molecular weight excluding hydrogens is 446 g/mol. The second-order valence-corrected chi connectivity index (χ2v) is 7.33. The van der Waals surface area contributed by atoms with Gasteiger partial charge in [0.05, 0.1) is 28.0 Å². The molecule has 0 aliphatic rings. The number of para-hydroxylation sites is 2. The van der Waals surface area contributed by atoms with Gasteiger partial charge in [-0.1, -0.05) is 42.5 Å². The number of hydrogen-bond acceptors (Lipinski definition) is 6. The lowest BCUT2D eigenvalue weighted by molar-refractivity contribution is -0.119. The standard InChI is InChI=1S/C24H20F2N4O4/c1-14-21-16(12-18(15-8-4-3-5-9-15)28-22(21)30(2)29-14)23(32)33-13-20(31)27-17-10-6-7-11-19(17)34-24(25)26/h3-12,24H,13H2,1-2H3,(H,27,31). The second kappa shape index (κ2) is 9.65. The first-order chi connectivity index (χ1) is 16.3. The zero-order chi connectivity index (χ0) is 24.2. The van der Waals surface area contributed by atoms with Gasteiger partial charge < -0.3 is 14.8 Å². The minimum absolute atomic E-state index is 0.0321. The van der Waals surface area contributed by atoms with E-state index in [0.29, 0.717) is 22.4 Å². The molecule has 0 aliphatic heterocycles. The van der Waals surface area contributed by atoms with E-state index in [-0.39, 0.29) is 17.0 Å². The number of hydrogen-bond donors (Lipinski definition) is 1. The number of pyridine rings is 1. The maximum atomic E-state index is 13.0. The van der Waals surface area contributed by atoms with Crippen LogP contribution < -0.4 is 10.1 Å². The maximum Gasteiger partial charge on any atom is 0.387 e. The average Bonchev–Trinajstić information content (AvgIpc) is 3.11. The molecule has 2 aromatic carbocycles. The predicted molar refractivity (Wildman–Crippen MR) is 121 cm³/mol. The third-order valence-corrected chi connectivity index (χ3v) is 4.97. The van der Waals surface area contributed by atoms with Gasteiger partial charge >= 0.3 is 12.6 Å². The number of esters is 1. The van der Waals surface area contributed by atoms with Gasteiger partial charge in [-0.2, -0.15) is 13.9 Å². The zero-order valence-corrected chi connectivity index (χ0v) is 18.3. The molecule has 8 nitrogen and oxygen atoms in total. The zero-order valence-electron chi connectivity index (χ0n) is 18.3. The number of alkyl halides is 2. The third kappa shape index (κ3) is 4.85. The van der Waals surface area contributed by atoms with Crippen molar-refractivity contribution in [2.75, 3.05) is 11.9 Å². The van der Waals surface area contributed by atoms with Gasteiger partial charge in [-0.3, -0.25) is 9.48 Å². The fraction of sp³-hybridized carbons (Fsp3) is 0.167. The fourth-order valence-electron chi connectivity index (χ4n) is 3.53. The van der Waals surface area contributed by atoms with Crippen molar-refractivity contribution in [2.45, 2.75) is 13.5 Å². The Balaban J connectivity index is 1.56. The van der Waals surface area contributed by atoms with Crippen molar-refractivity contribution in [3.63, 3.8) is 0 Å². The third-order valence-electron chi connectivity index (χ3n) is 4.97. The number of ether oxygens (including phenoxy) is 2. The summed E-state index contributed by atoms with van der Waals surface area (Å²) in [6, 6.07) is 16.6. The van der Waals surface area contributed by atoms with Gasteiger partial charge in [0, 0.05) is 12.6 Å². The topological polar surface area (TPSA) is 95.3 Å². The maximum absolute atomic E-state index is 13.0. The van der Waals surface area contributed by atoms with Crippen LogP contribution in [0.25, 0.3) is 22.3 Å². The Morgan fingerprint density at radius 2 is 1.79 bits per heavy atom. The minimum Gasteiger partial charge on any atom is -0.452 e. The Bertz CT molecular complexity index is 1360. The van der Waals surface area contributed by atoms with E-state index in [0.717, 1.165) is 5.56 Å². The fourth-order valence-corrected chi connectivity index (χ4v) is 3.53. The number of aromatic nitrogens is 3. The largest absolute Gasteiger partial charge is 0.452 e. The van der Waals surface area contributed by atoms with Crippen LogP contribution in [0.5, 0.6) is 5.75 Å². The minimum atomic E-state index is -3.05. The van der Waals surface area contributed by atoms with Crippen LogP contribution in [0.3, 0.4) is 0 Å². The van der Waals surface area contributed by atoms with Gasteiger partial charge in [-0.05, 0) is 25.1 Å². The van der Waals surface area contributed by atoms with Crippen molar-refractivity contribution < 1.29 is 27.8 Å². The molecule has 0 radical (unpaired) electrons. The van der Waals surface area contributed by atoms with Gasteiger partial charge in [-0.25, -0.2) is 9.78 Å². The van der Waals surface area contributed by atoms with Crippen LogP contribution >= 0.6 is 0 Å². The highest BCUT2D eigenvalue weighted by Gasteiger charge is 2.21. The molecule has 174 valence electrons. The van der Waals surface area contributed by atoms with Crippen molar-refractivity contribution in [3.05, 3.63) is 71.9 Å². The van der Waals surface area contributed by atoms with Gasteiger partial charge in [0.2, 0.25) is 0 Å². The van der Waals surface area contributed by atoms with E-state index in [1.807, 2.05) is 30.3 Å². The van der Waals surface area contributed by atoms with Crippen molar-refractivity contribution in [1.82, 2.24) is 14.8 Å². The number of rotatable bonds is 7. The molecule has 2 heterocycles. The van der Waals surface area contributed by atoms with Crippen LogP contribution in [0, 0.1) is 6.92 Å². The quantitative estimate of drug-likeness (QED) is 0.407. The summed E-state index contributed by atoms with van der Waals surface area (Å²) in [5, 5.41) is 7.27. The molecule has 4 aromatic rings. The molecular formula is C24H20F2N4O4. The molecule has 0 fully saturated rings.